The molecule has 0 bridgehead atoms. The van der Waals surface area contributed by atoms with Gasteiger partial charge in [0.05, 0.1) is 12.0 Å². The van der Waals surface area contributed by atoms with E-state index in [4.69, 9.17) is 0 Å². The first-order chi connectivity index (χ1) is 10.3. The van der Waals surface area contributed by atoms with E-state index in [1.165, 1.54) is 6.07 Å². The summed E-state index contributed by atoms with van der Waals surface area (Å²) in [4.78, 5) is 14.3. The van der Waals surface area contributed by atoms with Crippen molar-refractivity contribution in [2.75, 3.05) is 20.1 Å². The Morgan fingerprint density at radius 2 is 2.14 bits per heavy atom. The molecular formula is C16H21F3N2O. The highest BCUT2D eigenvalue weighted by molar-refractivity contribution is 5.79. The normalized spacial score (nSPS) is 23.3. The Hall–Kier alpha value is -1.56. The van der Waals surface area contributed by atoms with Gasteiger partial charge in [-0.05, 0) is 37.6 Å². The van der Waals surface area contributed by atoms with Crippen molar-refractivity contribution in [3.63, 3.8) is 0 Å². The fourth-order valence-corrected chi connectivity index (χ4v) is 2.87. The molecule has 1 heterocycles. The zero-order valence-corrected chi connectivity index (χ0v) is 12.8. The number of piperidine rings is 1. The van der Waals surface area contributed by atoms with Gasteiger partial charge in [-0.25, -0.2) is 0 Å². The molecule has 3 nitrogen and oxygen atoms in total. The molecule has 1 aliphatic heterocycles. The maximum Gasteiger partial charge on any atom is 0.416 e. The van der Waals surface area contributed by atoms with Gasteiger partial charge in [-0.3, -0.25) is 4.79 Å². The summed E-state index contributed by atoms with van der Waals surface area (Å²) in [6.45, 7) is 3.90. The van der Waals surface area contributed by atoms with Crippen LogP contribution in [0, 0.1) is 5.92 Å². The minimum Gasteiger partial charge on any atom is -0.353 e. The van der Waals surface area contributed by atoms with Gasteiger partial charge < -0.3 is 10.2 Å². The molecule has 122 valence electrons. The summed E-state index contributed by atoms with van der Waals surface area (Å²) in [6.07, 6.45) is -3.54. The number of nitrogens with zero attached hydrogens (tertiary/aromatic N) is 1. The molecule has 2 atom stereocenters. The molecule has 0 radical (unpaired) electrons. The van der Waals surface area contributed by atoms with Gasteiger partial charge in [0.15, 0.2) is 0 Å². The van der Waals surface area contributed by atoms with Crippen LogP contribution in [0.2, 0.25) is 0 Å². The van der Waals surface area contributed by atoms with Crippen LogP contribution in [0.5, 0.6) is 0 Å². The predicted molar refractivity (Wildman–Crippen MR) is 78.4 cm³/mol. The second kappa shape index (κ2) is 6.69. The smallest absolute Gasteiger partial charge is 0.353 e. The Morgan fingerprint density at radius 3 is 2.77 bits per heavy atom. The lowest BCUT2D eigenvalue weighted by Gasteiger charge is -2.35. The van der Waals surface area contributed by atoms with Crippen LogP contribution in [0.3, 0.4) is 0 Å². The number of benzene rings is 1. The lowest BCUT2D eigenvalue weighted by Crippen LogP contribution is -2.49. The van der Waals surface area contributed by atoms with E-state index in [1.807, 2.05) is 7.05 Å². The number of likely N-dealkylation sites (tertiary alicyclic amines) is 1. The zero-order valence-electron chi connectivity index (χ0n) is 12.8. The minimum atomic E-state index is -4.38. The third-order valence-corrected chi connectivity index (χ3v) is 4.07. The van der Waals surface area contributed by atoms with Crippen molar-refractivity contribution in [1.82, 2.24) is 10.2 Å². The van der Waals surface area contributed by atoms with E-state index in [9.17, 15) is 18.0 Å². The summed E-state index contributed by atoms with van der Waals surface area (Å²) < 4.78 is 38.0. The van der Waals surface area contributed by atoms with Gasteiger partial charge in [-0.2, -0.15) is 13.2 Å². The number of nitrogens with one attached hydrogen (secondary N) is 1. The predicted octanol–water partition coefficient (Wildman–Crippen LogP) is 2.70. The summed E-state index contributed by atoms with van der Waals surface area (Å²) in [5.74, 6) is 0.116. The third kappa shape index (κ3) is 4.47. The Morgan fingerprint density at radius 1 is 1.41 bits per heavy atom. The van der Waals surface area contributed by atoms with Gasteiger partial charge in [0.25, 0.3) is 0 Å². The number of carbonyl (C=O) groups excluding carboxylic acids is 1. The first kappa shape index (κ1) is 16.8. The summed E-state index contributed by atoms with van der Waals surface area (Å²) in [7, 11) is 2.04. The summed E-state index contributed by atoms with van der Waals surface area (Å²) in [5.41, 5.74) is -0.335. The SMILES string of the molecule is C[C@H]1CN(C)CC[C@H]1NC(=O)Cc1cccc(C(F)(F)F)c1. The molecular weight excluding hydrogens is 293 g/mol. The highest BCUT2D eigenvalue weighted by atomic mass is 19.4. The molecule has 1 aromatic rings. The topological polar surface area (TPSA) is 32.3 Å². The summed E-state index contributed by atoms with van der Waals surface area (Å²) in [5, 5.41) is 2.95. The van der Waals surface area contributed by atoms with Crippen LogP contribution in [-0.2, 0) is 17.4 Å². The number of carbonyl (C=O) groups is 1. The molecule has 1 aromatic carbocycles. The molecule has 1 fully saturated rings. The Bertz CT molecular complexity index is 530. The number of rotatable bonds is 3. The van der Waals surface area contributed by atoms with Crippen LogP contribution >= 0.6 is 0 Å². The van der Waals surface area contributed by atoms with Crippen molar-refractivity contribution in [3.05, 3.63) is 35.4 Å². The lowest BCUT2D eigenvalue weighted by molar-refractivity contribution is -0.137. The molecule has 2 rings (SSSR count). The van der Waals surface area contributed by atoms with E-state index in [-0.39, 0.29) is 18.4 Å². The minimum absolute atomic E-state index is 0.0248. The van der Waals surface area contributed by atoms with Crippen molar-refractivity contribution >= 4 is 5.91 Å². The zero-order chi connectivity index (χ0) is 16.3. The van der Waals surface area contributed by atoms with Crippen molar-refractivity contribution in [1.29, 1.82) is 0 Å². The van der Waals surface area contributed by atoms with Gasteiger partial charge in [-0.15, -0.1) is 0 Å². The first-order valence-electron chi connectivity index (χ1n) is 7.40. The van der Waals surface area contributed by atoms with Gasteiger partial charge in [0.1, 0.15) is 0 Å². The van der Waals surface area contributed by atoms with Crippen molar-refractivity contribution < 1.29 is 18.0 Å². The highest BCUT2D eigenvalue weighted by Crippen LogP contribution is 2.29. The highest BCUT2D eigenvalue weighted by Gasteiger charge is 2.30. The van der Waals surface area contributed by atoms with Gasteiger partial charge in [0.2, 0.25) is 5.91 Å². The number of amides is 1. The monoisotopic (exact) mass is 314 g/mol. The van der Waals surface area contributed by atoms with Crippen molar-refractivity contribution in [2.24, 2.45) is 5.92 Å². The molecule has 1 saturated heterocycles. The maximum atomic E-state index is 12.7. The Balaban J connectivity index is 1.95. The molecule has 0 aromatic heterocycles. The fraction of sp³-hybridized carbons (Fsp3) is 0.562. The quantitative estimate of drug-likeness (QED) is 0.930. The molecule has 0 unspecified atom stereocenters. The molecule has 0 aliphatic carbocycles. The number of alkyl halides is 3. The van der Waals surface area contributed by atoms with Crippen LogP contribution < -0.4 is 5.32 Å². The molecule has 22 heavy (non-hydrogen) atoms. The van der Waals surface area contributed by atoms with E-state index in [0.717, 1.165) is 31.6 Å². The lowest BCUT2D eigenvalue weighted by atomic mass is 9.94. The van der Waals surface area contributed by atoms with Gasteiger partial charge >= 0.3 is 6.18 Å². The van der Waals surface area contributed by atoms with Crippen molar-refractivity contribution in [3.8, 4) is 0 Å². The van der Waals surface area contributed by atoms with Crippen molar-refractivity contribution in [2.45, 2.75) is 32.0 Å². The molecule has 0 saturated carbocycles. The number of hydrogen-bond acceptors (Lipinski definition) is 2. The molecule has 6 heteroatoms. The van der Waals surface area contributed by atoms with Crippen LogP contribution in [0.25, 0.3) is 0 Å². The van der Waals surface area contributed by atoms with Crippen LogP contribution in [-0.4, -0.2) is 37.0 Å². The van der Waals surface area contributed by atoms with E-state index < -0.39 is 11.7 Å². The van der Waals surface area contributed by atoms with Crippen LogP contribution in [0.4, 0.5) is 13.2 Å². The average molecular weight is 314 g/mol. The standard InChI is InChI=1S/C16H21F3N2O/c1-11-10-21(2)7-6-14(11)20-15(22)9-12-4-3-5-13(8-12)16(17,18)19/h3-5,8,11,14H,6-7,9-10H2,1-2H3,(H,20,22)/t11-,14+/m0/s1. The Kier molecular flexibility index (Phi) is 5.11. The number of hydrogen-bond donors (Lipinski definition) is 1. The molecule has 0 spiro atoms. The summed E-state index contributed by atoms with van der Waals surface area (Å²) >= 11 is 0. The van der Waals surface area contributed by atoms with Crippen LogP contribution in [0.1, 0.15) is 24.5 Å². The molecule has 1 aliphatic rings. The Labute approximate surface area is 128 Å². The van der Waals surface area contributed by atoms with E-state index in [0.29, 0.717) is 11.5 Å². The average Bonchev–Trinajstić information content (AvgIpc) is 2.41. The second-order valence-corrected chi connectivity index (χ2v) is 6.08. The third-order valence-electron chi connectivity index (χ3n) is 4.07. The summed E-state index contributed by atoms with van der Waals surface area (Å²) in [6, 6.07) is 5.03. The van der Waals surface area contributed by atoms with Crippen LogP contribution in [0.15, 0.2) is 24.3 Å². The molecule has 1 N–H and O–H groups in total. The largest absolute Gasteiger partial charge is 0.416 e. The van der Waals surface area contributed by atoms with E-state index in [1.54, 1.807) is 6.07 Å². The maximum absolute atomic E-state index is 12.7. The fourth-order valence-electron chi connectivity index (χ4n) is 2.87. The van der Waals surface area contributed by atoms with Gasteiger partial charge in [-0.1, -0.05) is 25.1 Å². The first-order valence-corrected chi connectivity index (χ1v) is 7.40. The van der Waals surface area contributed by atoms with E-state index in [2.05, 4.69) is 17.1 Å². The van der Waals surface area contributed by atoms with Gasteiger partial charge in [0, 0.05) is 12.6 Å². The number of halogens is 3. The molecule has 1 amide bonds. The van der Waals surface area contributed by atoms with E-state index >= 15 is 0 Å². The second-order valence-electron chi connectivity index (χ2n) is 6.08.